The summed E-state index contributed by atoms with van der Waals surface area (Å²) in [7, 11) is 0. The van der Waals surface area contributed by atoms with E-state index in [4.69, 9.17) is 14.2 Å². The lowest BCUT2D eigenvalue weighted by molar-refractivity contribution is 0.106. The van der Waals surface area contributed by atoms with Gasteiger partial charge in [-0.25, -0.2) is 0 Å². The Morgan fingerprint density at radius 3 is 2.77 bits per heavy atom. The van der Waals surface area contributed by atoms with Crippen LogP contribution in [0.3, 0.4) is 0 Å². The van der Waals surface area contributed by atoms with E-state index in [1.165, 1.54) is 18.2 Å². The molecule has 6 nitrogen and oxygen atoms in total. The van der Waals surface area contributed by atoms with Crippen molar-refractivity contribution in [2.24, 2.45) is 0 Å². The molecule has 3 rings (SSSR count). The molecule has 0 bridgehead atoms. The minimum atomic E-state index is -0.889. The molecule has 1 aliphatic heterocycles. The van der Waals surface area contributed by atoms with Gasteiger partial charge in [-0.1, -0.05) is 6.07 Å². The summed E-state index contributed by atoms with van der Waals surface area (Å²) in [6, 6.07) is 9.43. The van der Waals surface area contributed by atoms with E-state index in [1.807, 2.05) is 0 Å². The molecule has 0 spiro atoms. The number of aldehydes is 1. The third kappa shape index (κ3) is 2.82. The van der Waals surface area contributed by atoms with Gasteiger partial charge >= 0.3 is 0 Å². The van der Waals surface area contributed by atoms with Gasteiger partial charge in [-0.05, 0) is 35.9 Å². The van der Waals surface area contributed by atoms with Crippen LogP contribution in [0, 0.1) is 0 Å². The number of hydrogen-bond acceptors (Lipinski definition) is 6. The van der Waals surface area contributed by atoms with Crippen molar-refractivity contribution in [3.05, 3.63) is 47.5 Å². The van der Waals surface area contributed by atoms with Crippen LogP contribution in [-0.4, -0.2) is 29.9 Å². The number of carbonyl (C=O) groups is 1. The maximum Gasteiger partial charge on any atom is 0.231 e. The van der Waals surface area contributed by atoms with Gasteiger partial charge in [0.25, 0.3) is 0 Å². The van der Waals surface area contributed by atoms with Crippen LogP contribution in [0.25, 0.3) is 0 Å². The van der Waals surface area contributed by atoms with Gasteiger partial charge in [0.05, 0.1) is 0 Å². The summed E-state index contributed by atoms with van der Waals surface area (Å²) in [6.07, 6.45) is -0.259. The molecule has 6 heteroatoms. The molecule has 1 atom stereocenters. The highest BCUT2D eigenvalue weighted by atomic mass is 16.7. The molecule has 2 N–H and O–H groups in total. The first kappa shape index (κ1) is 14.2. The van der Waals surface area contributed by atoms with Crippen LogP contribution in [0.15, 0.2) is 36.4 Å². The average Bonchev–Trinajstić information content (AvgIpc) is 3.00. The predicted molar refractivity (Wildman–Crippen MR) is 76.5 cm³/mol. The summed E-state index contributed by atoms with van der Waals surface area (Å²) in [6.45, 7) is 0.121. The Morgan fingerprint density at radius 1 is 1.18 bits per heavy atom. The molecule has 2 aromatic carbocycles. The van der Waals surface area contributed by atoms with E-state index in [0.717, 1.165) is 0 Å². The van der Waals surface area contributed by atoms with Gasteiger partial charge in [-0.2, -0.15) is 0 Å². The fourth-order valence-corrected chi connectivity index (χ4v) is 2.12. The fraction of sp³-hybridized carbons (Fsp3) is 0.188. The number of fused-ring (bicyclic) bond motifs is 1. The third-order valence-electron chi connectivity index (χ3n) is 3.30. The van der Waals surface area contributed by atoms with Gasteiger partial charge < -0.3 is 24.4 Å². The minimum absolute atomic E-state index is 0.0480. The Balaban J connectivity index is 1.67. The number of phenolic OH excluding ortho intramolecular Hbond substituents is 1. The third-order valence-corrected chi connectivity index (χ3v) is 3.30. The minimum Gasteiger partial charge on any atom is -0.504 e. The molecule has 0 radical (unpaired) electrons. The Labute approximate surface area is 126 Å². The molecule has 0 saturated heterocycles. The number of ether oxygens (including phenoxy) is 3. The fourth-order valence-electron chi connectivity index (χ4n) is 2.12. The van der Waals surface area contributed by atoms with Crippen LogP contribution in [0.2, 0.25) is 0 Å². The first-order valence-electron chi connectivity index (χ1n) is 6.66. The molecule has 114 valence electrons. The van der Waals surface area contributed by atoms with Crippen LogP contribution in [-0.2, 0) is 0 Å². The predicted octanol–water partition coefficient (Wildman–Crippen LogP) is 2.05. The molecule has 1 aliphatic rings. The van der Waals surface area contributed by atoms with Gasteiger partial charge in [0.1, 0.15) is 19.0 Å². The van der Waals surface area contributed by atoms with Crippen molar-refractivity contribution < 1.29 is 29.2 Å². The molecule has 22 heavy (non-hydrogen) atoms. The van der Waals surface area contributed by atoms with Crippen molar-refractivity contribution in [3.8, 4) is 23.0 Å². The van der Waals surface area contributed by atoms with E-state index in [2.05, 4.69) is 0 Å². The summed E-state index contributed by atoms with van der Waals surface area (Å²) < 4.78 is 15.8. The standard InChI is InChI=1S/C16H14O6/c17-7-10-1-3-14(12(18)5-10)20-8-13(19)11-2-4-15-16(6-11)22-9-21-15/h1-7,13,18-19H,8-9H2/t13-/m0/s1. The zero-order valence-corrected chi connectivity index (χ0v) is 11.6. The summed E-state index contributed by atoms with van der Waals surface area (Å²) >= 11 is 0. The lowest BCUT2D eigenvalue weighted by Crippen LogP contribution is -2.09. The second kappa shape index (κ2) is 5.95. The number of aromatic hydroxyl groups is 1. The highest BCUT2D eigenvalue weighted by Crippen LogP contribution is 2.34. The van der Waals surface area contributed by atoms with Crippen molar-refractivity contribution in [1.82, 2.24) is 0 Å². The van der Waals surface area contributed by atoms with E-state index in [0.29, 0.717) is 28.9 Å². The quantitative estimate of drug-likeness (QED) is 0.822. The number of aliphatic hydroxyl groups is 1. The summed E-state index contributed by atoms with van der Waals surface area (Å²) in [5.41, 5.74) is 0.967. The molecule has 0 fully saturated rings. The maximum absolute atomic E-state index is 10.6. The van der Waals surface area contributed by atoms with Gasteiger partial charge in [0, 0.05) is 5.56 Å². The molecule has 0 aromatic heterocycles. The second-order valence-corrected chi connectivity index (χ2v) is 4.78. The summed E-state index contributed by atoms with van der Waals surface area (Å²) in [4.78, 5) is 10.6. The molecular weight excluding hydrogens is 288 g/mol. The first-order chi connectivity index (χ1) is 10.7. The van der Waals surface area contributed by atoms with Crippen molar-refractivity contribution in [1.29, 1.82) is 0 Å². The highest BCUT2D eigenvalue weighted by Gasteiger charge is 2.17. The van der Waals surface area contributed by atoms with Crippen LogP contribution >= 0.6 is 0 Å². The second-order valence-electron chi connectivity index (χ2n) is 4.78. The Morgan fingerprint density at radius 2 is 2.00 bits per heavy atom. The van der Waals surface area contributed by atoms with E-state index in [1.54, 1.807) is 18.2 Å². The topological polar surface area (TPSA) is 85.2 Å². The maximum atomic E-state index is 10.6. The first-order valence-corrected chi connectivity index (χ1v) is 6.66. The monoisotopic (exact) mass is 302 g/mol. The number of hydrogen-bond donors (Lipinski definition) is 2. The summed E-state index contributed by atoms with van der Waals surface area (Å²) in [5.74, 6) is 1.27. The van der Waals surface area contributed by atoms with E-state index < -0.39 is 6.10 Å². The van der Waals surface area contributed by atoms with Gasteiger partial charge in [-0.15, -0.1) is 0 Å². The van der Waals surface area contributed by atoms with E-state index >= 15 is 0 Å². The largest absolute Gasteiger partial charge is 0.504 e. The van der Waals surface area contributed by atoms with Crippen molar-refractivity contribution in [2.45, 2.75) is 6.10 Å². The summed E-state index contributed by atoms with van der Waals surface area (Å²) in [5, 5.41) is 19.9. The number of carbonyl (C=O) groups excluding carboxylic acids is 1. The average molecular weight is 302 g/mol. The van der Waals surface area contributed by atoms with Gasteiger partial charge in [0.15, 0.2) is 23.0 Å². The van der Waals surface area contributed by atoms with Crippen molar-refractivity contribution in [2.75, 3.05) is 13.4 Å². The molecule has 0 amide bonds. The molecule has 2 aromatic rings. The molecule has 1 heterocycles. The molecule has 0 aliphatic carbocycles. The lowest BCUT2D eigenvalue weighted by atomic mass is 10.1. The zero-order valence-electron chi connectivity index (χ0n) is 11.6. The number of phenols is 1. The SMILES string of the molecule is O=Cc1ccc(OC[C@H](O)c2ccc3c(c2)OCO3)c(O)c1. The number of benzene rings is 2. The molecule has 0 unspecified atom stereocenters. The number of rotatable bonds is 5. The smallest absolute Gasteiger partial charge is 0.231 e. The van der Waals surface area contributed by atoms with Crippen LogP contribution in [0.1, 0.15) is 22.0 Å². The van der Waals surface area contributed by atoms with E-state index in [-0.39, 0.29) is 24.9 Å². The molecule has 0 saturated carbocycles. The van der Waals surface area contributed by atoms with Crippen molar-refractivity contribution >= 4 is 6.29 Å². The van der Waals surface area contributed by atoms with Crippen molar-refractivity contribution in [3.63, 3.8) is 0 Å². The highest BCUT2D eigenvalue weighted by molar-refractivity contribution is 5.76. The van der Waals surface area contributed by atoms with Gasteiger partial charge in [0.2, 0.25) is 6.79 Å². The lowest BCUT2D eigenvalue weighted by Gasteiger charge is -2.14. The van der Waals surface area contributed by atoms with Crippen LogP contribution in [0.4, 0.5) is 0 Å². The zero-order chi connectivity index (χ0) is 15.5. The number of aliphatic hydroxyl groups excluding tert-OH is 1. The Kier molecular flexibility index (Phi) is 3.84. The normalized spacial score (nSPS) is 13.7. The van der Waals surface area contributed by atoms with E-state index in [9.17, 15) is 15.0 Å². The molecular formula is C16H14O6. The Hall–Kier alpha value is -2.73. The Bertz CT molecular complexity index is 697. The van der Waals surface area contributed by atoms with Crippen LogP contribution < -0.4 is 14.2 Å². The van der Waals surface area contributed by atoms with Crippen LogP contribution in [0.5, 0.6) is 23.0 Å². The van der Waals surface area contributed by atoms with Gasteiger partial charge in [-0.3, -0.25) is 4.79 Å².